The molecule has 0 amide bonds. The molecule has 47 heavy (non-hydrogen) atoms. The van der Waals surface area contributed by atoms with E-state index in [1.165, 1.54) is 4.70 Å². The van der Waals surface area contributed by atoms with E-state index >= 15 is 0 Å². The van der Waals surface area contributed by atoms with Crippen LogP contribution in [0.2, 0.25) is 0 Å². The van der Waals surface area contributed by atoms with Crippen LogP contribution in [0.4, 0.5) is 0 Å². The van der Waals surface area contributed by atoms with Gasteiger partial charge in [-0.05, 0) is 41.5 Å². The SMILES string of the molecule is c1ccc(-c2nc(-c3ccccc3)nc(-c3cccc(-c4cc(-c5cnc6sc7ccccc7c6n5)c5ncccc5c4)c3)n2)cc1. The van der Waals surface area contributed by atoms with Crippen LogP contribution in [0.5, 0.6) is 0 Å². The van der Waals surface area contributed by atoms with E-state index < -0.39 is 0 Å². The number of benzene rings is 5. The molecule has 4 heterocycles. The van der Waals surface area contributed by atoms with Gasteiger partial charge in [0, 0.05) is 43.9 Å². The maximum absolute atomic E-state index is 5.14. The molecule has 5 aromatic carbocycles. The van der Waals surface area contributed by atoms with Crippen molar-refractivity contribution >= 4 is 42.7 Å². The van der Waals surface area contributed by atoms with Gasteiger partial charge in [0.15, 0.2) is 17.5 Å². The lowest BCUT2D eigenvalue weighted by Gasteiger charge is -2.12. The molecule has 0 saturated heterocycles. The first kappa shape index (κ1) is 27.2. The van der Waals surface area contributed by atoms with Crippen LogP contribution in [0.1, 0.15) is 0 Å². The zero-order chi connectivity index (χ0) is 31.2. The van der Waals surface area contributed by atoms with Crippen LogP contribution < -0.4 is 0 Å². The number of hydrogen-bond acceptors (Lipinski definition) is 7. The Balaban J connectivity index is 1.19. The molecule has 0 aliphatic heterocycles. The van der Waals surface area contributed by atoms with Gasteiger partial charge in [-0.15, -0.1) is 11.3 Å². The standard InChI is InChI=1S/C40H24N6S/c1-3-11-25(12-4-1)37-44-38(26-13-5-2-6-14-26)46-39(45-37)29-16-9-15-27(21-29)30-22-28-17-10-20-41-35(28)32(23-30)33-24-42-40-36(43-33)31-18-7-8-19-34(31)47-40/h1-24H. The maximum Gasteiger partial charge on any atom is 0.164 e. The zero-order valence-electron chi connectivity index (χ0n) is 24.9. The molecule has 6 nitrogen and oxygen atoms in total. The molecule has 0 unspecified atom stereocenters. The lowest BCUT2D eigenvalue weighted by Crippen LogP contribution is -2.00. The van der Waals surface area contributed by atoms with Crippen LogP contribution in [-0.4, -0.2) is 29.9 Å². The minimum Gasteiger partial charge on any atom is -0.256 e. The third-order valence-corrected chi connectivity index (χ3v) is 9.29. The highest BCUT2D eigenvalue weighted by molar-refractivity contribution is 7.25. The van der Waals surface area contributed by atoms with Crippen molar-refractivity contribution in [3.05, 3.63) is 146 Å². The Morgan fingerprint density at radius 3 is 1.87 bits per heavy atom. The quantitative estimate of drug-likeness (QED) is 0.191. The van der Waals surface area contributed by atoms with E-state index in [1.54, 1.807) is 11.3 Å². The van der Waals surface area contributed by atoms with Gasteiger partial charge in [0.2, 0.25) is 0 Å². The number of pyridine rings is 1. The van der Waals surface area contributed by atoms with Crippen molar-refractivity contribution < 1.29 is 0 Å². The van der Waals surface area contributed by atoms with Crippen LogP contribution in [-0.2, 0) is 0 Å². The fraction of sp³-hybridized carbons (Fsp3) is 0. The van der Waals surface area contributed by atoms with Crippen molar-refractivity contribution in [3.8, 4) is 56.5 Å². The fourth-order valence-electron chi connectivity index (χ4n) is 5.94. The van der Waals surface area contributed by atoms with Crippen LogP contribution >= 0.6 is 11.3 Å². The lowest BCUT2D eigenvalue weighted by atomic mass is 9.96. The molecule has 0 fully saturated rings. The Labute approximate surface area is 274 Å². The highest BCUT2D eigenvalue weighted by Crippen LogP contribution is 2.37. The van der Waals surface area contributed by atoms with Gasteiger partial charge in [-0.25, -0.2) is 24.9 Å². The molecule has 9 rings (SSSR count). The Hall–Kier alpha value is -6.18. The summed E-state index contributed by atoms with van der Waals surface area (Å²) in [5, 5.41) is 2.14. The van der Waals surface area contributed by atoms with Gasteiger partial charge in [-0.1, -0.05) is 103 Å². The summed E-state index contributed by atoms with van der Waals surface area (Å²) in [6.07, 6.45) is 3.69. The average molecular weight is 621 g/mol. The monoisotopic (exact) mass is 620 g/mol. The number of rotatable bonds is 5. The molecule has 7 heteroatoms. The summed E-state index contributed by atoms with van der Waals surface area (Å²) in [6, 6.07) is 45.1. The van der Waals surface area contributed by atoms with Gasteiger partial charge in [-0.3, -0.25) is 4.98 Å². The molecule has 0 N–H and O–H groups in total. The van der Waals surface area contributed by atoms with Gasteiger partial charge in [0.25, 0.3) is 0 Å². The second-order valence-electron chi connectivity index (χ2n) is 11.2. The predicted octanol–water partition coefficient (Wildman–Crippen LogP) is 9.91. The first-order valence-corrected chi connectivity index (χ1v) is 16.1. The molecule has 9 aromatic rings. The third kappa shape index (κ3) is 4.99. The second-order valence-corrected chi connectivity index (χ2v) is 12.3. The normalized spacial score (nSPS) is 11.4. The van der Waals surface area contributed by atoms with E-state index in [1.807, 2.05) is 91.3 Å². The minimum absolute atomic E-state index is 0.614. The Morgan fingerprint density at radius 2 is 1.11 bits per heavy atom. The predicted molar refractivity (Wildman–Crippen MR) is 191 cm³/mol. The highest BCUT2D eigenvalue weighted by atomic mass is 32.1. The largest absolute Gasteiger partial charge is 0.256 e. The van der Waals surface area contributed by atoms with E-state index in [-0.39, 0.29) is 0 Å². The van der Waals surface area contributed by atoms with Gasteiger partial charge in [-0.2, -0.15) is 0 Å². The van der Waals surface area contributed by atoms with E-state index in [0.29, 0.717) is 17.5 Å². The molecule has 0 aliphatic rings. The van der Waals surface area contributed by atoms with Crippen molar-refractivity contribution in [3.63, 3.8) is 0 Å². The van der Waals surface area contributed by atoms with Crippen LogP contribution in [0.25, 0.3) is 87.9 Å². The molecular weight excluding hydrogens is 597 g/mol. The first-order chi connectivity index (χ1) is 23.3. The summed E-state index contributed by atoms with van der Waals surface area (Å²) in [5.41, 5.74) is 8.38. The minimum atomic E-state index is 0.614. The van der Waals surface area contributed by atoms with Crippen molar-refractivity contribution in [2.45, 2.75) is 0 Å². The summed E-state index contributed by atoms with van der Waals surface area (Å²) in [4.78, 5) is 30.4. The van der Waals surface area contributed by atoms with E-state index in [2.05, 4.69) is 54.6 Å². The zero-order valence-corrected chi connectivity index (χ0v) is 25.8. The van der Waals surface area contributed by atoms with Crippen molar-refractivity contribution in [1.82, 2.24) is 29.9 Å². The first-order valence-electron chi connectivity index (χ1n) is 15.3. The summed E-state index contributed by atoms with van der Waals surface area (Å²) in [5.74, 6) is 1.88. The molecule has 0 bridgehead atoms. The molecular formula is C40H24N6S. The molecule has 0 atom stereocenters. The number of fused-ring (bicyclic) bond motifs is 4. The molecule has 0 aliphatic carbocycles. The smallest absolute Gasteiger partial charge is 0.164 e. The van der Waals surface area contributed by atoms with E-state index in [4.69, 9.17) is 29.9 Å². The molecule has 0 spiro atoms. The fourth-order valence-corrected chi connectivity index (χ4v) is 6.93. The number of nitrogens with zero attached hydrogens (tertiary/aromatic N) is 6. The lowest BCUT2D eigenvalue weighted by molar-refractivity contribution is 1.07. The van der Waals surface area contributed by atoms with Crippen molar-refractivity contribution in [2.75, 3.05) is 0 Å². The third-order valence-electron chi connectivity index (χ3n) is 8.22. The van der Waals surface area contributed by atoms with Crippen molar-refractivity contribution in [2.24, 2.45) is 0 Å². The van der Waals surface area contributed by atoms with E-state index in [9.17, 15) is 0 Å². The summed E-state index contributed by atoms with van der Waals surface area (Å²) in [7, 11) is 0. The molecule has 4 aromatic heterocycles. The molecule has 0 radical (unpaired) electrons. The topological polar surface area (TPSA) is 77.3 Å². The number of thiophene rings is 1. The highest BCUT2D eigenvalue weighted by Gasteiger charge is 2.16. The van der Waals surface area contributed by atoms with Gasteiger partial charge >= 0.3 is 0 Å². The van der Waals surface area contributed by atoms with Gasteiger partial charge in [0.05, 0.1) is 17.4 Å². The number of aromatic nitrogens is 6. The Kier molecular flexibility index (Phi) is 6.54. The Morgan fingerprint density at radius 1 is 0.447 bits per heavy atom. The summed E-state index contributed by atoms with van der Waals surface area (Å²) < 4.78 is 1.18. The summed E-state index contributed by atoms with van der Waals surface area (Å²) in [6.45, 7) is 0. The van der Waals surface area contributed by atoms with E-state index in [0.717, 1.165) is 65.7 Å². The van der Waals surface area contributed by atoms with Crippen molar-refractivity contribution in [1.29, 1.82) is 0 Å². The summed E-state index contributed by atoms with van der Waals surface area (Å²) >= 11 is 1.66. The molecule has 220 valence electrons. The Bertz CT molecular complexity index is 2520. The van der Waals surface area contributed by atoms with Crippen LogP contribution in [0, 0.1) is 0 Å². The van der Waals surface area contributed by atoms with Crippen LogP contribution in [0.3, 0.4) is 0 Å². The van der Waals surface area contributed by atoms with Gasteiger partial charge in [0.1, 0.15) is 10.3 Å². The average Bonchev–Trinajstić information content (AvgIpc) is 3.53. The second kappa shape index (κ2) is 11.3. The van der Waals surface area contributed by atoms with Gasteiger partial charge < -0.3 is 0 Å². The number of hydrogen-bond donors (Lipinski definition) is 0. The van der Waals surface area contributed by atoms with Crippen LogP contribution in [0.15, 0.2) is 146 Å². The maximum atomic E-state index is 5.14. The molecule has 0 saturated carbocycles.